The molecule has 2 heterocycles. The number of carbonyl (C=O) groups excluding carboxylic acids is 1. The highest BCUT2D eigenvalue weighted by molar-refractivity contribution is 6.22. The summed E-state index contributed by atoms with van der Waals surface area (Å²) in [5, 5.41) is 3.71. The predicted molar refractivity (Wildman–Crippen MR) is 90.9 cm³/mol. The van der Waals surface area contributed by atoms with Crippen molar-refractivity contribution >= 4 is 11.5 Å². The van der Waals surface area contributed by atoms with Crippen LogP contribution in [0.3, 0.4) is 0 Å². The molecule has 0 aliphatic rings. The molecule has 0 aliphatic heterocycles. The van der Waals surface area contributed by atoms with Crippen molar-refractivity contribution in [2.75, 3.05) is 5.43 Å². The van der Waals surface area contributed by atoms with Crippen LogP contribution >= 0.6 is 0 Å². The SMILES string of the molecule is C=C(C(=O)Nn1cnc(-c2cc(C(F)(F)F)cc(C(F)(F)F)c2)n1)c1cncnc1. The molecule has 1 aromatic carbocycles. The van der Waals surface area contributed by atoms with E-state index in [1.165, 1.54) is 18.7 Å². The molecular weight excluding hydrogens is 418 g/mol. The van der Waals surface area contributed by atoms with E-state index in [0.717, 1.165) is 11.1 Å². The van der Waals surface area contributed by atoms with E-state index in [9.17, 15) is 31.1 Å². The molecule has 0 bridgehead atoms. The third-order valence-electron chi connectivity index (χ3n) is 3.74. The molecule has 13 heteroatoms. The van der Waals surface area contributed by atoms with E-state index in [2.05, 4.69) is 32.1 Å². The normalized spacial score (nSPS) is 11.9. The fraction of sp³-hybridized carbons (Fsp3) is 0.118. The topological polar surface area (TPSA) is 85.6 Å². The molecule has 0 radical (unpaired) electrons. The minimum atomic E-state index is -5.01. The minimum absolute atomic E-state index is 0.00576. The zero-order chi connectivity index (χ0) is 22.1. The second kappa shape index (κ2) is 7.57. The van der Waals surface area contributed by atoms with Crippen molar-refractivity contribution < 1.29 is 31.1 Å². The number of nitrogens with one attached hydrogen (secondary N) is 1. The van der Waals surface area contributed by atoms with Gasteiger partial charge in [-0.05, 0) is 18.2 Å². The number of hydrogen-bond acceptors (Lipinski definition) is 5. The van der Waals surface area contributed by atoms with Gasteiger partial charge < -0.3 is 0 Å². The summed E-state index contributed by atoms with van der Waals surface area (Å²) in [6.45, 7) is 3.56. The highest BCUT2D eigenvalue weighted by Gasteiger charge is 2.37. The average molecular weight is 428 g/mol. The number of rotatable bonds is 4. The molecule has 1 amide bonds. The molecular formula is C17H10F6N6O. The van der Waals surface area contributed by atoms with Gasteiger partial charge in [-0.1, -0.05) is 6.58 Å². The van der Waals surface area contributed by atoms with Crippen LogP contribution in [0.2, 0.25) is 0 Å². The Morgan fingerprint density at radius 3 is 2.07 bits per heavy atom. The van der Waals surface area contributed by atoms with Gasteiger partial charge in [0.05, 0.1) is 11.1 Å². The van der Waals surface area contributed by atoms with Crippen molar-refractivity contribution in [2.45, 2.75) is 12.4 Å². The molecule has 30 heavy (non-hydrogen) atoms. The predicted octanol–water partition coefficient (Wildman–Crippen LogP) is 3.56. The smallest absolute Gasteiger partial charge is 0.267 e. The maximum absolute atomic E-state index is 13.0. The van der Waals surface area contributed by atoms with Gasteiger partial charge in [-0.3, -0.25) is 4.79 Å². The van der Waals surface area contributed by atoms with Gasteiger partial charge in [-0.25, -0.2) is 20.4 Å². The summed E-state index contributed by atoms with van der Waals surface area (Å²) in [5.41, 5.74) is -1.08. The molecule has 0 atom stereocenters. The standard InChI is InChI=1S/C17H10F6N6O/c1-9(11-5-24-7-25-6-11)15(30)28-29-8-26-14(27-29)10-2-12(16(18,19)20)4-13(3-10)17(21,22)23/h2-8H,1H2,(H,28,30). The van der Waals surface area contributed by atoms with Crippen molar-refractivity contribution in [1.82, 2.24) is 24.8 Å². The molecule has 0 aliphatic carbocycles. The van der Waals surface area contributed by atoms with Crippen molar-refractivity contribution in [3.63, 3.8) is 0 Å². The number of benzene rings is 1. The van der Waals surface area contributed by atoms with Gasteiger partial charge in [-0.15, -0.1) is 5.10 Å². The summed E-state index contributed by atoms with van der Waals surface area (Å²) < 4.78 is 77.9. The van der Waals surface area contributed by atoms with Crippen molar-refractivity contribution in [3.8, 4) is 11.4 Å². The molecule has 0 saturated carbocycles. The van der Waals surface area contributed by atoms with E-state index < -0.39 is 40.8 Å². The Balaban J connectivity index is 1.88. The Kier molecular flexibility index (Phi) is 5.29. The van der Waals surface area contributed by atoms with Gasteiger partial charge in [0.1, 0.15) is 12.7 Å². The minimum Gasteiger partial charge on any atom is -0.267 e. The maximum atomic E-state index is 13.0. The van der Waals surface area contributed by atoms with Gasteiger partial charge in [0.25, 0.3) is 5.91 Å². The molecule has 1 N–H and O–H groups in total. The van der Waals surface area contributed by atoms with Crippen molar-refractivity contribution in [2.24, 2.45) is 0 Å². The summed E-state index contributed by atoms with van der Waals surface area (Å²) in [7, 11) is 0. The van der Waals surface area contributed by atoms with Crippen LogP contribution in [0, 0.1) is 0 Å². The summed E-state index contributed by atoms with van der Waals surface area (Å²) in [6.07, 6.45) is -5.23. The van der Waals surface area contributed by atoms with Crippen LogP contribution in [0.25, 0.3) is 17.0 Å². The first-order valence-corrected chi connectivity index (χ1v) is 7.92. The number of carbonyl (C=O) groups is 1. The Morgan fingerprint density at radius 2 is 1.53 bits per heavy atom. The molecule has 3 aromatic rings. The fourth-order valence-electron chi connectivity index (χ4n) is 2.29. The summed E-state index contributed by atoms with van der Waals surface area (Å²) in [4.78, 5) is 24.0. The van der Waals surface area contributed by atoms with E-state index >= 15 is 0 Å². The van der Waals surface area contributed by atoms with Crippen LogP contribution in [0.15, 0.2) is 49.8 Å². The maximum Gasteiger partial charge on any atom is 0.416 e. The van der Waals surface area contributed by atoms with Crippen LogP contribution in [-0.2, 0) is 17.1 Å². The molecule has 156 valence electrons. The lowest BCUT2D eigenvalue weighted by Gasteiger charge is -2.13. The largest absolute Gasteiger partial charge is 0.416 e. The van der Waals surface area contributed by atoms with Gasteiger partial charge >= 0.3 is 12.4 Å². The lowest BCUT2D eigenvalue weighted by molar-refractivity contribution is -0.143. The molecule has 0 saturated heterocycles. The van der Waals surface area contributed by atoms with E-state index in [4.69, 9.17) is 0 Å². The van der Waals surface area contributed by atoms with E-state index in [0.29, 0.717) is 17.7 Å². The molecule has 0 unspecified atom stereocenters. The molecule has 0 spiro atoms. The first-order valence-electron chi connectivity index (χ1n) is 7.92. The zero-order valence-corrected chi connectivity index (χ0v) is 14.7. The lowest BCUT2D eigenvalue weighted by atomic mass is 10.0. The molecule has 3 rings (SSSR count). The Hall–Kier alpha value is -3.77. The van der Waals surface area contributed by atoms with Gasteiger partial charge in [0.15, 0.2) is 5.82 Å². The summed E-state index contributed by atoms with van der Waals surface area (Å²) in [5.74, 6) is -1.22. The lowest BCUT2D eigenvalue weighted by Crippen LogP contribution is -2.24. The van der Waals surface area contributed by atoms with Crippen LogP contribution in [0.4, 0.5) is 26.3 Å². The number of amides is 1. The number of alkyl halides is 6. The number of aromatic nitrogens is 5. The van der Waals surface area contributed by atoms with Crippen molar-refractivity contribution in [1.29, 1.82) is 0 Å². The third-order valence-corrected chi connectivity index (χ3v) is 3.74. The molecule has 2 aromatic heterocycles. The van der Waals surface area contributed by atoms with Crippen LogP contribution in [0.5, 0.6) is 0 Å². The quantitative estimate of drug-likeness (QED) is 0.508. The van der Waals surface area contributed by atoms with E-state index in [1.807, 2.05) is 0 Å². The Bertz CT molecular complexity index is 1060. The van der Waals surface area contributed by atoms with Gasteiger partial charge in [-0.2, -0.15) is 31.1 Å². The van der Waals surface area contributed by atoms with Crippen LogP contribution < -0.4 is 5.43 Å². The second-order valence-electron chi connectivity index (χ2n) is 5.85. The van der Waals surface area contributed by atoms with Crippen molar-refractivity contribution in [3.05, 3.63) is 66.5 Å². The van der Waals surface area contributed by atoms with E-state index in [1.54, 1.807) is 0 Å². The second-order valence-corrected chi connectivity index (χ2v) is 5.85. The van der Waals surface area contributed by atoms with Crippen LogP contribution in [0.1, 0.15) is 16.7 Å². The van der Waals surface area contributed by atoms with E-state index in [-0.39, 0.29) is 11.6 Å². The molecule has 0 fully saturated rings. The average Bonchev–Trinajstić information content (AvgIpc) is 3.15. The number of hydrogen-bond donors (Lipinski definition) is 1. The Labute approximate surface area is 164 Å². The Morgan fingerprint density at radius 1 is 0.967 bits per heavy atom. The van der Waals surface area contributed by atoms with Gasteiger partial charge in [0, 0.05) is 29.1 Å². The fourth-order valence-corrected chi connectivity index (χ4v) is 2.29. The zero-order valence-electron chi connectivity index (χ0n) is 14.7. The first kappa shape index (κ1) is 21.0. The van der Waals surface area contributed by atoms with Gasteiger partial charge in [0.2, 0.25) is 0 Å². The highest BCUT2D eigenvalue weighted by atomic mass is 19.4. The summed E-state index contributed by atoms with van der Waals surface area (Å²) in [6, 6.07) is 0.960. The number of halogens is 6. The number of nitrogens with zero attached hydrogens (tertiary/aromatic N) is 5. The summed E-state index contributed by atoms with van der Waals surface area (Å²) >= 11 is 0. The molecule has 7 nitrogen and oxygen atoms in total. The monoisotopic (exact) mass is 428 g/mol. The third kappa shape index (κ3) is 4.61. The van der Waals surface area contributed by atoms with Crippen LogP contribution in [-0.4, -0.2) is 30.7 Å². The highest BCUT2D eigenvalue weighted by Crippen LogP contribution is 2.37. The first-order chi connectivity index (χ1) is 13.9.